The summed E-state index contributed by atoms with van der Waals surface area (Å²) in [6.45, 7) is 3.63. The molecule has 0 fully saturated rings. The fraction of sp³-hybridized carbons (Fsp3) is 0.292. The number of carbonyl (C=O) groups excluding carboxylic acids is 2. The molecular weight excluding hydrogens is 396 g/mol. The van der Waals surface area contributed by atoms with Crippen molar-refractivity contribution in [3.63, 3.8) is 0 Å². The van der Waals surface area contributed by atoms with Crippen LogP contribution in [-0.4, -0.2) is 29.5 Å². The number of nitrogens with one attached hydrogen (secondary N) is 1. The maximum absolute atomic E-state index is 13.1. The average molecular weight is 421 g/mol. The lowest BCUT2D eigenvalue weighted by molar-refractivity contribution is -0.124. The number of rotatable bonds is 6. The minimum Gasteiger partial charge on any atom is -0.452 e. The summed E-state index contributed by atoms with van der Waals surface area (Å²) in [4.78, 5) is 31.1. The van der Waals surface area contributed by atoms with E-state index in [1.807, 2.05) is 49.6 Å². The number of nitrogens with zero attached hydrogens (tertiary/aromatic N) is 1. The highest BCUT2D eigenvalue weighted by Gasteiger charge is 2.28. The summed E-state index contributed by atoms with van der Waals surface area (Å²) < 4.78 is 5.41. The number of esters is 1. The Balaban J connectivity index is 1.68. The predicted molar refractivity (Wildman–Crippen MR) is 120 cm³/mol. The molecule has 1 aliphatic carbocycles. The molecule has 1 aromatic carbocycles. The number of amides is 1. The molecular formula is C24H24N2O3S. The van der Waals surface area contributed by atoms with Crippen molar-refractivity contribution in [3.05, 3.63) is 63.5 Å². The SMILES string of the molecule is CC[C@@H](C)NC(=O)COC(=O)c1c2c(nc3ccccc13)/C(=C/c1cccs1)CC2. The summed E-state index contributed by atoms with van der Waals surface area (Å²) in [5, 5.41) is 5.63. The molecule has 0 saturated heterocycles. The van der Waals surface area contributed by atoms with Gasteiger partial charge in [-0.05, 0) is 60.9 Å². The summed E-state index contributed by atoms with van der Waals surface area (Å²) in [5.41, 5.74) is 4.18. The van der Waals surface area contributed by atoms with Crippen molar-refractivity contribution in [3.8, 4) is 0 Å². The van der Waals surface area contributed by atoms with E-state index in [9.17, 15) is 9.59 Å². The van der Waals surface area contributed by atoms with Crippen molar-refractivity contribution in [2.75, 3.05) is 6.61 Å². The minimum atomic E-state index is -0.471. The molecule has 0 unspecified atom stereocenters. The molecule has 0 bridgehead atoms. The fourth-order valence-electron chi connectivity index (χ4n) is 3.68. The molecule has 1 N–H and O–H groups in total. The maximum atomic E-state index is 13.1. The van der Waals surface area contributed by atoms with Crippen LogP contribution in [0.3, 0.4) is 0 Å². The second kappa shape index (κ2) is 8.79. The first-order chi connectivity index (χ1) is 14.6. The van der Waals surface area contributed by atoms with E-state index in [0.29, 0.717) is 5.56 Å². The Morgan fingerprint density at radius 2 is 2.07 bits per heavy atom. The number of benzene rings is 1. The Hall–Kier alpha value is -2.99. The van der Waals surface area contributed by atoms with Crippen LogP contribution in [0.2, 0.25) is 0 Å². The molecule has 6 heteroatoms. The van der Waals surface area contributed by atoms with Gasteiger partial charge in [-0.2, -0.15) is 0 Å². The summed E-state index contributed by atoms with van der Waals surface area (Å²) >= 11 is 1.68. The number of aromatic nitrogens is 1. The smallest absolute Gasteiger partial charge is 0.339 e. The Morgan fingerprint density at radius 3 is 2.83 bits per heavy atom. The minimum absolute atomic E-state index is 0.0483. The van der Waals surface area contributed by atoms with Crippen LogP contribution >= 0.6 is 11.3 Å². The number of para-hydroxylation sites is 1. The third-order valence-electron chi connectivity index (χ3n) is 5.36. The van der Waals surface area contributed by atoms with Crippen LogP contribution in [0.15, 0.2) is 41.8 Å². The molecule has 1 atom stereocenters. The van der Waals surface area contributed by atoms with E-state index in [1.165, 1.54) is 4.88 Å². The number of carbonyl (C=O) groups is 2. The van der Waals surface area contributed by atoms with Gasteiger partial charge in [0.2, 0.25) is 0 Å². The number of pyridine rings is 1. The second-order valence-electron chi connectivity index (χ2n) is 7.47. The highest BCUT2D eigenvalue weighted by molar-refractivity contribution is 7.10. The summed E-state index contributed by atoms with van der Waals surface area (Å²) in [5.74, 6) is -0.757. The average Bonchev–Trinajstić information content (AvgIpc) is 3.40. The molecule has 2 heterocycles. The molecule has 154 valence electrons. The molecule has 4 rings (SSSR count). The van der Waals surface area contributed by atoms with Crippen molar-refractivity contribution in [1.29, 1.82) is 0 Å². The quantitative estimate of drug-likeness (QED) is 0.579. The lowest BCUT2D eigenvalue weighted by atomic mass is 10.0. The van der Waals surface area contributed by atoms with Gasteiger partial charge < -0.3 is 10.1 Å². The van der Waals surface area contributed by atoms with E-state index >= 15 is 0 Å². The second-order valence-corrected chi connectivity index (χ2v) is 8.45. The van der Waals surface area contributed by atoms with Gasteiger partial charge in [0, 0.05) is 16.3 Å². The first-order valence-electron chi connectivity index (χ1n) is 10.2. The van der Waals surface area contributed by atoms with Gasteiger partial charge in [-0.15, -0.1) is 11.3 Å². The monoisotopic (exact) mass is 420 g/mol. The van der Waals surface area contributed by atoms with Crippen molar-refractivity contribution in [1.82, 2.24) is 10.3 Å². The van der Waals surface area contributed by atoms with Gasteiger partial charge in [0.25, 0.3) is 5.91 Å². The number of hydrogen-bond acceptors (Lipinski definition) is 5. The summed E-state index contributed by atoms with van der Waals surface area (Å²) in [7, 11) is 0. The Labute approximate surface area is 179 Å². The van der Waals surface area contributed by atoms with Gasteiger partial charge in [-0.25, -0.2) is 9.78 Å². The number of hydrogen-bond donors (Lipinski definition) is 1. The largest absolute Gasteiger partial charge is 0.452 e. The van der Waals surface area contributed by atoms with E-state index in [0.717, 1.165) is 47.0 Å². The van der Waals surface area contributed by atoms with Gasteiger partial charge in [-0.3, -0.25) is 4.79 Å². The van der Waals surface area contributed by atoms with Crippen molar-refractivity contribution < 1.29 is 14.3 Å². The lowest BCUT2D eigenvalue weighted by Gasteiger charge is -2.14. The summed E-state index contributed by atoms with van der Waals surface area (Å²) in [6.07, 6.45) is 4.52. The first-order valence-corrected chi connectivity index (χ1v) is 11.1. The van der Waals surface area contributed by atoms with E-state index < -0.39 is 5.97 Å². The normalized spacial score (nSPS) is 15.2. The van der Waals surface area contributed by atoms with E-state index in [4.69, 9.17) is 9.72 Å². The number of thiophene rings is 1. The van der Waals surface area contributed by atoms with Crippen LogP contribution in [0.1, 0.15) is 53.2 Å². The molecule has 1 aliphatic rings. The van der Waals surface area contributed by atoms with E-state index in [1.54, 1.807) is 11.3 Å². The molecule has 0 radical (unpaired) electrons. The van der Waals surface area contributed by atoms with Crippen LogP contribution in [0.25, 0.3) is 22.6 Å². The molecule has 5 nitrogen and oxygen atoms in total. The van der Waals surface area contributed by atoms with Gasteiger partial charge >= 0.3 is 5.97 Å². The van der Waals surface area contributed by atoms with Crippen LogP contribution in [-0.2, 0) is 16.0 Å². The van der Waals surface area contributed by atoms with Gasteiger partial charge in [0.05, 0.1) is 16.8 Å². The van der Waals surface area contributed by atoms with Crippen molar-refractivity contribution in [2.45, 2.75) is 39.2 Å². The van der Waals surface area contributed by atoms with Gasteiger partial charge in [0.1, 0.15) is 0 Å². The molecule has 2 aromatic heterocycles. The molecule has 0 spiro atoms. The molecule has 30 heavy (non-hydrogen) atoms. The first kappa shape index (κ1) is 20.3. The van der Waals surface area contributed by atoms with E-state index in [-0.39, 0.29) is 18.6 Å². The zero-order valence-electron chi connectivity index (χ0n) is 17.1. The van der Waals surface area contributed by atoms with Crippen molar-refractivity contribution in [2.24, 2.45) is 0 Å². The topological polar surface area (TPSA) is 68.3 Å². The molecule has 3 aromatic rings. The van der Waals surface area contributed by atoms with Crippen LogP contribution < -0.4 is 5.32 Å². The molecule has 0 saturated carbocycles. The van der Waals surface area contributed by atoms with Crippen LogP contribution in [0.5, 0.6) is 0 Å². The number of ether oxygens (including phenoxy) is 1. The highest BCUT2D eigenvalue weighted by Crippen LogP contribution is 2.38. The fourth-order valence-corrected chi connectivity index (χ4v) is 4.36. The zero-order valence-corrected chi connectivity index (χ0v) is 17.9. The molecule has 0 aliphatic heterocycles. The Morgan fingerprint density at radius 1 is 1.23 bits per heavy atom. The summed E-state index contributed by atoms with van der Waals surface area (Å²) in [6, 6.07) is 11.7. The van der Waals surface area contributed by atoms with Crippen molar-refractivity contribution >= 4 is 45.8 Å². The zero-order chi connectivity index (χ0) is 21.1. The van der Waals surface area contributed by atoms with E-state index in [2.05, 4.69) is 17.5 Å². The van der Waals surface area contributed by atoms with Crippen LogP contribution in [0.4, 0.5) is 0 Å². The lowest BCUT2D eigenvalue weighted by Crippen LogP contribution is -2.35. The standard InChI is InChI=1S/C24H24N2O3S/c1-3-15(2)25-21(27)14-29-24(28)22-18-8-4-5-9-20(18)26-23-16(10-11-19(22)23)13-17-7-6-12-30-17/h4-9,12-13,15H,3,10-11,14H2,1-2H3,(H,25,27)/b16-13+/t15-/m1/s1. The third-order valence-corrected chi connectivity index (χ3v) is 6.18. The Kier molecular flexibility index (Phi) is 5.95. The maximum Gasteiger partial charge on any atom is 0.339 e. The predicted octanol–water partition coefficient (Wildman–Crippen LogP) is 4.85. The molecule has 1 amide bonds. The highest BCUT2D eigenvalue weighted by atomic mass is 32.1. The number of fused-ring (bicyclic) bond motifs is 2. The van der Waals surface area contributed by atoms with Gasteiger partial charge in [0.15, 0.2) is 6.61 Å². The van der Waals surface area contributed by atoms with Crippen LogP contribution in [0, 0.1) is 0 Å². The Bertz CT molecular complexity index is 1120. The van der Waals surface area contributed by atoms with Gasteiger partial charge in [-0.1, -0.05) is 31.2 Å². The number of allylic oxidation sites excluding steroid dienone is 1. The third kappa shape index (κ3) is 4.14.